The van der Waals surface area contributed by atoms with Gasteiger partial charge in [-0.25, -0.2) is 4.98 Å². The smallest absolute Gasteiger partial charge is 0.271 e. The zero-order valence-electron chi connectivity index (χ0n) is 12.1. The molecule has 3 rings (SSSR count). The van der Waals surface area contributed by atoms with Gasteiger partial charge in [0.05, 0.1) is 0 Å². The molecule has 1 fully saturated rings. The van der Waals surface area contributed by atoms with Gasteiger partial charge in [-0.2, -0.15) is 0 Å². The number of aromatic nitrogens is 2. The summed E-state index contributed by atoms with van der Waals surface area (Å²) in [7, 11) is 0. The van der Waals surface area contributed by atoms with Crippen molar-refractivity contribution in [2.24, 2.45) is 5.92 Å². The van der Waals surface area contributed by atoms with Crippen LogP contribution in [0.5, 0.6) is 0 Å². The van der Waals surface area contributed by atoms with Gasteiger partial charge in [0.25, 0.3) is 11.5 Å². The SMILES string of the molecule is Cl.O=C(NCCC1CCCNC1)c1cnc2sccn2c1=O. The Balaban J connectivity index is 0.00000176. The Morgan fingerprint density at radius 1 is 1.55 bits per heavy atom. The van der Waals surface area contributed by atoms with Crippen molar-refractivity contribution >= 4 is 34.6 Å². The highest BCUT2D eigenvalue weighted by Gasteiger charge is 2.15. The first-order chi connectivity index (χ1) is 10.3. The van der Waals surface area contributed by atoms with E-state index in [4.69, 9.17) is 0 Å². The van der Waals surface area contributed by atoms with E-state index in [2.05, 4.69) is 15.6 Å². The van der Waals surface area contributed by atoms with E-state index in [0.29, 0.717) is 17.4 Å². The Bertz CT molecular complexity index is 693. The second-order valence-electron chi connectivity index (χ2n) is 5.29. The van der Waals surface area contributed by atoms with E-state index in [9.17, 15) is 9.59 Å². The van der Waals surface area contributed by atoms with Crippen LogP contribution in [-0.4, -0.2) is 34.9 Å². The fourth-order valence-corrected chi connectivity index (χ4v) is 3.31. The van der Waals surface area contributed by atoms with Crippen LogP contribution in [0.2, 0.25) is 0 Å². The number of fused-ring (bicyclic) bond motifs is 1. The molecule has 1 unspecified atom stereocenters. The van der Waals surface area contributed by atoms with Crippen molar-refractivity contribution in [2.75, 3.05) is 19.6 Å². The predicted octanol–water partition coefficient (Wildman–Crippen LogP) is 1.30. The third-order valence-corrected chi connectivity index (χ3v) is 4.60. The second kappa shape index (κ2) is 7.71. The molecule has 1 amide bonds. The normalized spacial score (nSPS) is 17.9. The lowest BCUT2D eigenvalue weighted by Crippen LogP contribution is -2.35. The van der Waals surface area contributed by atoms with Gasteiger partial charge in [-0.15, -0.1) is 23.7 Å². The van der Waals surface area contributed by atoms with E-state index in [1.54, 1.807) is 11.6 Å². The van der Waals surface area contributed by atoms with Gasteiger partial charge in [0, 0.05) is 24.3 Å². The summed E-state index contributed by atoms with van der Waals surface area (Å²) in [4.78, 5) is 29.0. The Kier molecular flexibility index (Phi) is 5.93. The highest BCUT2D eigenvalue weighted by molar-refractivity contribution is 7.15. The Morgan fingerprint density at radius 3 is 3.18 bits per heavy atom. The van der Waals surface area contributed by atoms with Gasteiger partial charge in [0.2, 0.25) is 0 Å². The third kappa shape index (κ3) is 3.66. The van der Waals surface area contributed by atoms with Crippen LogP contribution in [-0.2, 0) is 0 Å². The van der Waals surface area contributed by atoms with Crippen molar-refractivity contribution in [2.45, 2.75) is 19.3 Å². The number of thiazole rings is 1. The van der Waals surface area contributed by atoms with Gasteiger partial charge in [-0.3, -0.25) is 14.0 Å². The molecular formula is C14H19ClN4O2S. The molecule has 2 aromatic heterocycles. The summed E-state index contributed by atoms with van der Waals surface area (Å²) in [5.74, 6) is 0.273. The summed E-state index contributed by atoms with van der Waals surface area (Å²) in [6.07, 6.45) is 6.34. The van der Waals surface area contributed by atoms with Gasteiger partial charge in [0.15, 0.2) is 4.96 Å². The molecule has 3 heterocycles. The lowest BCUT2D eigenvalue weighted by atomic mass is 9.96. The number of carbonyl (C=O) groups is 1. The van der Waals surface area contributed by atoms with E-state index in [1.165, 1.54) is 34.8 Å². The van der Waals surface area contributed by atoms with Crippen LogP contribution in [0.25, 0.3) is 4.96 Å². The molecule has 0 spiro atoms. The number of halogens is 1. The van der Waals surface area contributed by atoms with Crippen LogP contribution in [0, 0.1) is 5.92 Å². The standard InChI is InChI=1S/C14H18N4O2S.ClH/c19-12(16-5-3-10-2-1-4-15-8-10)11-9-17-14-18(13(11)20)6-7-21-14;/h6-7,9-10,15H,1-5,8H2,(H,16,19);1H. The number of rotatable bonds is 4. The minimum absolute atomic E-state index is 0. The van der Waals surface area contributed by atoms with Gasteiger partial charge in [0.1, 0.15) is 5.56 Å². The van der Waals surface area contributed by atoms with E-state index >= 15 is 0 Å². The fourth-order valence-electron chi connectivity index (χ4n) is 2.64. The number of nitrogens with zero attached hydrogens (tertiary/aromatic N) is 2. The molecule has 120 valence electrons. The van der Waals surface area contributed by atoms with E-state index in [-0.39, 0.29) is 29.4 Å². The maximum absolute atomic E-state index is 12.2. The quantitative estimate of drug-likeness (QED) is 0.878. The molecule has 0 radical (unpaired) electrons. The zero-order chi connectivity index (χ0) is 14.7. The third-order valence-electron chi connectivity index (χ3n) is 3.82. The summed E-state index contributed by atoms with van der Waals surface area (Å²) < 4.78 is 1.41. The summed E-state index contributed by atoms with van der Waals surface area (Å²) in [6, 6.07) is 0. The first kappa shape index (κ1) is 16.9. The van der Waals surface area contributed by atoms with Crippen molar-refractivity contribution < 1.29 is 4.79 Å². The van der Waals surface area contributed by atoms with Crippen LogP contribution in [0.15, 0.2) is 22.6 Å². The van der Waals surface area contributed by atoms with Gasteiger partial charge in [-0.1, -0.05) is 0 Å². The number of hydrogen-bond acceptors (Lipinski definition) is 5. The molecular weight excluding hydrogens is 324 g/mol. The molecule has 2 aromatic rings. The minimum atomic E-state index is -0.336. The molecule has 6 nitrogen and oxygen atoms in total. The summed E-state index contributed by atoms with van der Waals surface area (Å²) in [6.45, 7) is 2.70. The Labute approximate surface area is 138 Å². The molecule has 0 saturated carbocycles. The zero-order valence-corrected chi connectivity index (χ0v) is 13.7. The average Bonchev–Trinajstić information content (AvgIpc) is 2.98. The Hall–Kier alpha value is -1.44. The second-order valence-corrected chi connectivity index (χ2v) is 6.16. The van der Waals surface area contributed by atoms with E-state index in [1.807, 2.05) is 0 Å². The monoisotopic (exact) mass is 342 g/mol. The molecule has 1 aliphatic heterocycles. The molecule has 1 aliphatic rings. The molecule has 1 saturated heterocycles. The van der Waals surface area contributed by atoms with Crippen LogP contribution in [0.1, 0.15) is 29.6 Å². The van der Waals surface area contributed by atoms with Crippen LogP contribution in [0.4, 0.5) is 0 Å². The molecule has 2 N–H and O–H groups in total. The summed E-state index contributed by atoms with van der Waals surface area (Å²) >= 11 is 1.37. The van der Waals surface area contributed by atoms with E-state index < -0.39 is 0 Å². The lowest BCUT2D eigenvalue weighted by Gasteiger charge is -2.22. The maximum atomic E-state index is 12.2. The maximum Gasteiger partial charge on any atom is 0.271 e. The Morgan fingerprint density at radius 2 is 2.41 bits per heavy atom. The molecule has 0 aromatic carbocycles. The van der Waals surface area contributed by atoms with Crippen molar-refractivity contribution in [3.63, 3.8) is 0 Å². The number of hydrogen-bond donors (Lipinski definition) is 2. The van der Waals surface area contributed by atoms with Crippen LogP contribution in [0.3, 0.4) is 0 Å². The molecule has 22 heavy (non-hydrogen) atoms. The number of nitrogens with one attached hydrogen (secondary N) is 2. The summed E-state index contributed by atoms with van der Waals surface area (Å²) in [5.41, 5.74) is -0.203. The van der Waals surface area contributed by atoms with Gasteiger partial charge in [-0.05, 0) is 38.3 Å². The van der Waals surface area contributed by atoms with Crippen molar-refractivity contribution in [1.29, 1.82) is 0 Å². The largest absolute Gasteiger partial charge is 0.352 e. The average molecular weight is 343 g/mol. The molecule has 0 bridgehead atoms. The van der Waals surface area contributed by atoms with Crippen molar-refractivity contribution in [1.82, 2.24) is 20.0 Å². The van der Waals surface area contributed by atoms with Crippen LogP contribution < -0.4 is 16.2 Å². The first-order valence-corrected chi connectivity index (χ1v) is 8.07. The molecule has 0 aliphatic carbocycles. The molecule has 8 heteroatoms. The fraction of sp³-hybridized carbons (Fsp3) is 0.500. The highest BCUT2D eigenvalue weighted by atomic mass is 35.5. The van der Waals surface area contributed by atoms with Crippen LogP contribution >= 0.6 is 23.7 Å². The topological polar surface area (TPSA) is 75.5 Å². The predicted molar refractivity (Wildman–Crippen MR) is 89.1 cm³/mol. The lowest BCUT2D eigenvalue weighted by molar-refractivity contribution is 0.0948. The first-order valence-electron chi connectivity index (χ1n) is 7.19. The number of piperidine rings is 1. The summed E-state index contributed by atoms with van der Waals surface area (Å²) in [5, 5.41) is 7.96. The number of carbonyl (C=O) groups excluding carboxylic acids is 1. The van der Waals surface area contributed by atoms with E-state index in [0.717, 1.165) is 19.5 Å². The van der Waals surface area contributed by atoms with Crippen molar-refractivity contribution in [3.05, 3.63) is 33.7 Å². The minimum Gasteiger partial charge on any atom is -0.352 e. The number of amides is 1. The van der Waals surface area contributed by atoms with Crippen molar-refractivity contribution in [3.8, 4) is 0 Å². The van der Waals surface area contributed by atoms with Gasteiger partial charge >= 0.3 is 0 Å². The highest BCUT2D eigenvalue weighted by Crippen LogP contribution is 2.13. The van der Waals surface area contributed by atoms with Gasteiger partial charge < -0.3 is 10.6 Å². The molecule has 1 atom stereocenters.